The van der Waals surface area contributed by atoms with Crippen LogP contribution in [0.25, 0.3) is 11.6 Å². The minimum Gasteiger partial charge on any atom is -0.311 e. The van der Waals surface area contributed by atoms with Crippen molar-refractivity contribution >= 4 is 28.7 Å². The second-order valence-electron chi connectivity index (χ2n) is 7.17. The van der Waals surface area contributed by atoms with E-state index in [1.165, 1.54) is 16.7 Å². The number of rotatable bonds is 6. The van der Waals surface area contributed by atoms with Gasteiger partial charge >= 0.3 is 0 Å². The molecule has 0 fully saturated rings. The standard InChI is InChI=1S/C29H25N/c1-24(26-14-5-2-6-15-26)12-11-13-25-20-22-29(23-21-25)30(27-16-7-3-8-17-27)28-18-9-4-10-19-28/h2-23H,1H3. The number of benzene rings is 4. The van der Waals surface area contributed by atoms with Gasteiger partial charge in [0.05, 0.1) is 0 Å². The minimum absolute atomic E-state index is 1.14. The highest BCUT2D eigenvalue weighted by Gasteiger charge is 2.11. The van der Waals surface area contributed by atoms with E-state index < -0.39 is 0 Å². The van der Waals surface area contributed by atoms with Gasteiger partial charge in [-0.25, -0.2) is 0 Å². The van der Waals surface area contributed by atoms with Crippen LogP contribution in [0, 0.1) is 0 Å². The fourth-order valence-electron chi connectivity index (χ4n) is 3.44. The largest absolute Gasteiger partial charge is 0.311 e. The van der Waals surface area contributed by atoms with E-state index in [2.05, 4.69) is 127 Å². The molecule has 0 aliphatic carbocycles. The first-order chi connectivity index (χ1) is 14.8. The van der Waals surface area contributed by atoms with Crippen molar-refractivity contribution in [3.63, 3.8) is 0 Å². The van der Waals surface area contributed by atoms with Crippen LogP contribution in [0.2, 0.25) is 0 Å². The second kappa shape index (κ2) is 9.58. The third-order valence-electron chi connectivity index (χ3n) is 5.04. The van der Waals surface area contributed by atoms with Crippen LogP contribution >= 0.6 is 0 Å². The Kier molecular flexibility index (Phi) is 6.22. The molecular formula is C29H25N. The topological polar surface area (TPSA) is 3.24 Å². The highest BCUT2D eigenvalue weighted by atomic mass is 15.1. The van der Waals surface area contributed by atoms with Crippen molar-refractivity contribution in [3.8, 4) is 0 Å². The van der Waals surface area contributed by atoms with Gasteiger partial charge in [-0.1, -0.05) is 97.1 Å². The zero-order valence-corrected chi connectivity index (χ0v) is 17.1. The number of anilines is 3. The van der Waals surface area contributed by atoms with Gasteiger partial charge in [0, 0.05) is 17.1 Å². The van der Waals surface area contributed by atoms with Crippen molar-refractivity contribution in [2.45, 2.75) is 6.92 Å². The van der Waals surface area contributed by atoms with Gasteiger partial charge in [-0.2, -0.15) is 0 Å². The van der Waals surface area contributed by atoms with Crippen molar-refractivity contribution in [1.29, 1.82) is 0 Å². The molecule has 146 valence electrons. The van der Waals surface area contributed by atoms with Crippen LogP contribution in [0.15, 0.2) is 127 Å². The molecule has 0 spiro atoms. The fraction of sp³-hybridized carbons (Fsp3) is 0.0345. The lowest BCUT2D eigenvalue weighted by molar-refractivity contribution is 1.28. The maximum atomic E-state index is 2.27. The highest BCUT2D eigenvalue weighted by Crippen LogP contribution is 2.34. The molecule has 0 heterocycles. The van der Waals surface area contributed by atoms with Crippen LogP contribution in [0.4, 0.5) is 17.1 Å². The van der Waals surface area contributed by atoms with Crippen LogP contribution in [0.5, 0.6) is 0 Å². The normalized spacial score (nSPS) is 11.6. The first-order valence-corrected chi connectivity index (χ1v) is 10.2. The summed E-state index contributed by atoms with van der Waals surface area (Å²) >= 11 is 0. The van der Waals surface area contributed by atoms with Gasteiger partial charge in [0.2, 0.25) is 0 Å². The van der Waals surface area contributed by atoms with Crippen LogP contribution in [-0.2, 0) is 0 Å². The molecule has 30 heavy (non-hydrogen) atoms. The van der Waals surface area contributed by atoms with E-state index >= 15 is 0 Å². The molecule has 0 aliphatic rings. The number of hydrogen-bond acceptors (Lipinski definition) is 1. The number of allylic oxidation sites excluding steroid dienone is 3. The Balaban J connectivity index is 1.57. The van der Waals surface area contributed by atoms with Gasteiger partial charge in [-0.15, -0.1) is 0 Å². The molecule has 0 aliphatic heterocycles. The van der Waals surface area contributed by atoms with E-state index in [0.717, 1.165) is 17.1 Å². The van der Waals surface area contributed by atoms with Crippen LogP contribution in [-0.4, -0.2) is 0 Å². The molecule has 0 N–H and O–H groups in total. The Bertz CT molecular complexity index is 1070. The fourth-order valence-corrected chi connectivity index (χ4v) is 3.44. The van der Waals surface area contributed by atoms with Gasteiger partial charge < -0.3 is 4.90 Å². The van der Waals surface area contributed by atoms with E-state index in [0.29, 0.717) is 0 Å². The average molecular weight is 388 g/mol. The smallest absolute Gasteiger partial charge is 0.0462 e. The zero-order valence-electron chi connectivity index (χ0n) is 17.1. The summed E-state index contributed by atoms with van der Waals surface area (Å²) in [4.78, 5) is 2.27. The van der Waals surface area contributed by atoms with E-state index in [9.17, 15) is 0 Å². The Morgan fingerprint density at radius 1 is 0.567 bits per heavy atom. The molecule has 1 nitrogen and oxygen atoms in total. The van der Waals surface area contributed by atoms with Gasteiger partial charge in [0.15, 0.2) is 0 Å². The predicted molar refractivity (Wildman–Crippen MR) is 130 cm³/mol. The van der Waals surface area contributed by atoms with E-state index in [1.54, 1.807) is 0 Å². The van der Waals surface area contributed by atoms with Crippen molar-refractivity contribution in [2.75, 3.05) is 4.90 Å². The molecule has 0 bridgehead atoms. The summed E-state index contributed by atoms with van der Waals surface area (Å²) in [6, 6.07) is 40.1. The van der Waals surface area contributed by atoms with Crippen molar-refractivity contribution in [2.24, 2.45) is 0 Å². The lowest BCUT2D eigenvalue weighted by Gasteiger charge is -2.25. The first-order valence-electron chi connectivity index (χ1n) is 10.2. The number of hydrogen-bond donors (Lipinski definition) is 0. The van der Waals surface area contributed by atoms with E-state index in [1.807, 2.05) is 18.2 Å². The Morgan fingerprint density at radius 2 is 1.03 bits per heavy atom. The molecule has 0 amide bonds. The van der Waals surface area contributed by atoms with Gasteiger partial charge in [-0.05, 0) is 60.0 Å². The second-order valence-corrected chi connectivity index (χ2v) is 7.17. The Hall–Kier alpha value is -3.84. The quantitative estimate of drug-likeness (QED) is 0.301. The molecule has 4 rings (SSSR count). The van der Waals surface area contributed by atoms with Gasteiger partial charge in [0.1, 0.15) is 0 Å². The maximum absolute atomic E-state index is 2.27. The molecule has 0 radical (unpaired) electrons. The molecule has 4 aromatic rings. The van der Waals surface area contributed by atoms with Crippen molar-refractivity contribution in [1.82, 2.24) is 0 Å². The summed E-state index contributed by atoms with van der Waals surface area (Å²) < 4.78 is 0. The summed E-state index contributed by atoms with van der Waals surface area (Å²) in [6.45, 7) is 2.14. The number of para-hydroxylation sites is 2. The van der Waals surface area contributed by atoms with E-state index in [4.69, 9.17) is 0 Å². The van der Waals surface area contributed by atoms with Crippen molar-refractivity contribution in [3.05, 3.63) is 139 Å². The molecule has 0 saturated carbocycles. The van der Waals surface area contributed by atoms with Gasteiger partial charge in [-0.3, -0.25) is 0 Å². The summed E-state index contributed by atoms with van der Waals surface area (Å²) in [5.74, 6) is 0. The molecule has 4 aromatic carbocycles. The predicted octanol–water partition coefficient (Wildman–Crippen LogP) is 8.27. The minimum atomic E-state index is 1.14. The average Bonchev–Trinajstić information content (AvgIpc) is 2.82. The third-order valence-corrected chi connectivity index (χ3v) is 5.04. The van der Waals surface area contributed by atoms with Crippen LogP contribution in [0.3, 0.4) is 0 Å². The van der Waals surface area contributed by atoms with Gasteiger partial charge in [0.25, 0.3) is 0 Å². The van der Waals surface area contributed by atoms with Crippen molar-refractivity contribution < 1.29 is 0 Å². The SMILES string of the molecule is CC(=CC=Cc1ccc(N(c2ccccc2)c2ccccc2)cc1)c1ccccc1. The Labute approximate surface area is 179 Å². The van der Waals surface area contributed by atoms with E-state index in [-0.39, 0.29) is 0 Å². The van der Waals surface area contributed by atoms with Crippen LogP contribution in [0.1, 0.15) is 18.1 Å². The first kappa shape index (κ1) is 19.5. The third kappa shape index (κ3) is 4.76. The number of nitrogens with zero attached hydrogens (tertiary/aromatic N) is 1. The molecule has 1 heteroatoms. The molecule has 0 saturated heterocycles. The summed E-state index contributed by atoms with van der Waals surface area (Å²) in [6.07, 6.45) is 6.42. The monoisotopic (exact) mass is 387 g/mol. The summed E-state index contributed by atoms with van der Waals surface area (Å²) in [7, 11) is 0. The lowest BCUT2D eigenvalue weighted by atomic mass is 10.1. The molecule has 0 atom stereocenters. The highest BCUT2D eigenvalue weighted by molar-refractivity contribution is 5.77. The summed E-state index contributed by atoms with van der Waals surface area (Å²) in [5.41, 5.74) is 7.11. The summed E-state index contributed by atoms with van der Waals surface area (Å²) in [5, 5.41) is 0. The zero-order chi connectivity index (χ0) is 20.6. The molecule has 0 unspecified atom stereocenters. The Morgan fingerprint density at radius 3 is 1.57 bits per heavy atom. The molecular weight excluding hydrogens is 362 g/mol. The lowest BCUT2D eigenvalue weighted by Crippen LogP contribution is -2.09. The maximum Gasteiger partial charge on any atom is 0.0462 e. The molecule has 0 aromatic heterocycles. The van der Waals surface area contributed by atoms with Crippen LogP contribution < -0.4 is 4.90 Å².